The van der Waals surface area contributed by atoms with E-state index >= 15 is 0 Å². The highest BCUT2D eigenvalue weighted by atomic mass is 16.6. The molecule has 1 atom stereocenters. The van der Waals surface area contributed by atoms with Crippen LogP contribution in [0.3, 0.4) is 0 Å². The molecule has 0 aromatic carbocycles. The SMILES string of the molecule is CC\C=C/C=C\C=C/C=C\CCCCCC(=O)OC(COC(=O)CCC/C=C\CCCCCC)COC(=O)CCCCCCCCCCCCCCCC. The Morgan fingerprint density at radius 3 is 1.28 bits per heavy atom. The van der Waals surface area contributed by atoms with E-state index < -0.39 is 6.10 Å². The monoisotopic (exact) mass is 755 g/mol. The summed E-state index contributed by atoms with van der Waals surface area (Å²) in [6, 6.07) is 0. The lowest BCUT2D eigenvalue weighted by Gasteiger charge is -2.18. The highest BCUT2D eigenvalue weighted by molar-refractivity contribution is 5.71. The summed E-state index contributed by atoms with van der Waals surface area (Å²) in [6.45, 7) is 6.39. The molecule has 0 saturated heterocycles. The zero-order valence-electron chi connectivity index (χ0n) is 35.2. The Kier molecular flexibility index (Phi) is 40.6. The van der Waals surface area contributed by atoms with Gasteiger partial charge in [-0.25, -0.2) is 0 Å². The summed E-state index contributed by atoms with van der Waals surface area (Å²) < 4.78 is 16.6. The molecule has 0 aliphatic rings. The van der Waals surface area contributed by atoms with E-state index in [1.54, 1.807) is 0 Å². The Bertz CT molecular complexity index is 1010. The number of rotatable bonds is 39. The predicted octanol–water partition coefficient (Wildman–Crippen LogP) is 14.1. The minimum absolute atomic E-state index is 0.0976. The third-order valence-corrected chi connectivity index (χ3v) is 9.35. The number of allylic oxidation sites excluding steroid dienone is 10. The molecule has 0 amide bonds. The summed E-state index contributed by atoms with van der Waals surface area (Å²) in [6.07, 6.45) is 50.7. The van der Waals surface area contributed by atoms with E-state index in [9.17, 15) is 14.4 Å². The smallest absolute Gasteiger partial charge is 0.306 e. The van der Waals surface area contributed by atoms with Crippen molar-refractivity contribution in [1.29, 1.82) is 0 Å². The molecule has 0 saturated carbocycles. The second kappa shape index (κ2) is 42.8. The molecule has 0 heterocycles. The largest absolute Gasteiger partial charge is 0.462 e. The van der Waals surface area contributed by atoms with Crippen molar-refractivity contribution in [2.24, 2.45) is 0 Å². The average molecular weight is 755 g/mol. The summed E-state index contributed by atoms with van der Waals surface area (Å²) in [4.78, 5) is 37.6. The van der Waals surface area contributed by atoms with Crippen molar-refractivity contribution < 1.29 is 28.6 Å². The van der Waals surface area contributed by atoms with Crippen molar-refractivity contribution >= 4 is 17.9 Å². The zero-order chi connectivity index (χ0) is 39.4. The molecule has 1 unspecified atom stereocenters. The molecule has 310 valence electrons. The van der Waals surface area contributed by atoms with Crippen LogP contribution in [0.25, 0.3) is 0 Å². The normalized spacial score (nSPS) is 12.6. The molecule has 0 fully saturated rings. The lowest BCUT2D eigenvalue weighted by Crippen LogP contribution is -2.30. The molecule has 0 spiro atoms. The Balaban J connectivity index is 4.44. The van der Waals surface area contributed by atoms with E-state index in [1.165, 1.54) is 96.3 Å². The van der Waals surface area contributed by atoms with E-state index in [0.29, 0.717) is 25.7 Å². The molecule has 0 radical (unpaired) electrons. The van der Waals surface area contributed by atoms with Gasteiger partial charge in [0.15, 0.2) is 6.10 Å². The molecule has 6 nitrogen and oxygen atoms in total. The quantitative estimate of drug-likeness (QED) is 0.0204. The second-order valence-electron chi connectivity index (χ2n) is 14.7. The number of hydrogen-bond acceptors (Lipinski definition) is 6. The van der Waals surface area contributed by atoms with Crippen LogP contribution in [-0.4, -0.2) is 37.2 Å². The van der Waals surface area contributed by atoms with Crippen LogP contribution in [0.1, 0.15) is 207 Å². The maximum absolute atomic E-state index is 12.7. The van der Waals surface area contributed by atoms with E-state index in [2.05, 4.69) is 45.1 Å². The molecule has 0 aliphatic heterocycles. The fourth-order valence-electron chi connectivity index (χ4n) is 5.98. The first-order valence-corrected chi connectivity index (χ1v) is 22.3. The summed E-state index contributed by atoms with van der Waals surface area (Å²) in [7, 11) is 0. The molecule has 6 heteroatoms. The fourth-order valence-corrected chi connectivity index (χ4v) is 5.98. The van der Waals surface area contributed by atoms with Gasteiger partial charge < -0.3 is 14.2 Å². The number of unbranched alkanes of at least 4 members (excludes halogenated alkanes) is 21. The summed E-state index contributed by atoms with van der Waals surface area (Å²) in [5.41, 5.74) is 0. The fraction of sp³-hybridized carbons (Fsp3) is 0.729. The van der Waals surface area contributed by atoms with Gasteiger partial charge in [-0.2, -0.15) is 0 Å². The number of carbonyl (C=O) groups excluding carboxylic acids is 3. The molecule has 54 heavy (non-hydrogen) atoms. The molecule has 0 bridgehead atoms. The molecule has 0 N–H and O–H groups in total. The number of hydrogen-bond donors (Lipinski definition) is 0. The van der Waals surface area contributed by atoms with Crippen molar-refractivity contribution in [2.45, 2.75) is 213 Å². The van der Waals surface area contributed by atoms with Crippen LogP contribution in [0, 0.1) is 0 Å². The van der Waals surface area contributed by atoms with Gasteiger partial charge in [-0.15, -0.1) is 0 Å². The van der Waals surface area contributed by atoms with Crippen LogP contribution in [0.4, 0.5) is 0 Å². The number of ether oxygens (including phenoxy) is 3. The molecular formula is C48H82O6. The average Bonchev–Trinajstić information content (AvgIpc) is 3.17. The lowest BCUT2D eigenvalue weighted by atomic mass is 10.0. The van der Waals surface area contributed by atoms with Crippen LogP contribution in [0.2, 0.25) is 0 Å². The van der Waals surface area contributed by atoms with E-state index in [1.807, 2.05) is 36.5 Å². The maximum atomic E-state index is 12.7. The van der Waals surface area contributed by atoms with Crippen molar-refractivity contribution in [2.75, 3.05) is 13.2 Å². The van der Waals surface area contributed by atoms with Gasteiger partial charge in [0.05, 0.1) is 0 Å². The van der Waals surface area contributed by atoms with Crippen molar-refractivity contribution in [3.63, 3.8) is 0 Å². The highest BCUT2D eigenvalue weighted by Gasteiger charge is 2.19. The predicted molar refractivity (Wildman–Crippen MR) is 228 cm³/mol. The molecule has 0 aromatic heterocycles. The third-order valence-electron chi connectivity index (χ3n) is 9.35. The van der Waals surface area contributed by atoms with Gasteiger partial charge in [0.2, 0.25) is 0 Å². The minimum atomic E-state index is -0.800. The third kappa shape index (κ3) is 40.3. The van der Waals surface area contributed by atoms with Gasteiger partial charge in [0.25, 0.3) is 0 Å². The van der Waals surface area contributed by atoms with E-state index in [0.717, 1.165) is 57.8 Å². The van der Waals surface area contributed by atoms with Gasteiger partial charge in [-0.1, -0.05) is 191 Å². The molecular weight excluding hydrogens is 673 g/mol. The van der Waals surface area contributed by atoms with Gasteiger partial charge >= 0.3 is 17.9 Å². The van der Waals surface area contributed by atoms with Crippen LogP contribution in [0.15, 0.2) is 60.8 Å². The highest BCUT2D eigenvalue weighted by Crippen LogP contribution is 2.14. The standard InChI is InChI=1S/C48H82O6/c1-4-7-10-13-16-19-21-23-25-26-29-32-35-38-41-47(50)53-44-45(43-52-46(49)40-37-34-31-28-18-15-12-9-6-3)54-48(51)42-39-36-33-30-27-24-22-20-17-14-11-8-5-2/h8,11,14,17,20,22,24,27-28,31,45H,4-7,9-10,12-13,15-16,18-19,21,23,25-26,29-30,32-44H2,1-3H3/b11-8-,17-14-,22-20-,27-24-,31-28-. The lowest BCUT2D eigenvalue weighted by molar-refractivity contribution is -0.167. The number of esters is 3. The van der Waals surface area contributed by atoms with Crippen LogP contribution >= 0.6 is 0 Å². The zero-order valence-corrected chi connectivity index (χ0v) is 35.2. The van der Waals surface area contributed by atoms with Crippen molar-refractivity contribution in [3.8, 4) is 0 Å². The molecule has 0 aliphatic carbocycles. The van der Waals surface area contributed by atoms with Gasteiger partial charge in [0, 0.05) is 19.3 Å². The van der Waals surface area contributed by atoms with Crippen molar-refractivity contribution in [1.82, 2.24) is 0 Å². The second-order valence-corrected chi connectivity index (χ2v) is 14.7. The minimum Gasteiger partial charge on any atom is -0.462 e. The maximum Gasteiger partial charge on any atom is 0.306 e. The Labute approximate surface area is 332 Å². The topological polar surface area (TPSA) is 78.9 Å². The number of carbonyl (C=O) groups is 3. The van der Waals surface area contributed by atoms with E-state index in [-0.39, 0.29) is 37.5 Å². The van der Waals surface area contributed by atoms with Crippen LogP contribution in [-0.2, 0) is 28.6 Å². The van der Waals surface area contributed by atoms with Crippen LogP contribution in [0.5, 0.6) is 0 Å². The molecule has 0 aromatic rings. The van der Waals surface area contributed by atoms with Crippen LogP contribution < -0.4 is 0 Å². The van der Waals surface area contributed by atoms with Crippen molar-refractivity contribution in [3.05, 3.63) is 60.8 Å². The summed E-state index contributed by atoms with van der Waals surface area (Å²) in [5.74, 6) is -0.978. The van der Waals surface area contributed by atoms with Gasteiger partial charge in [0.1, 0.15) is 13.2 Å². The molecule has 0 rings (SSSR count). The Morgan fingerprint density at radius 2 is 0.759 bits per heavy atom. The Morgan fingerprint density at radius 1 is 0.389 bits per heavy atom. The Hall–Kier alpha value is -2.89. The summed E-state index contributed by atoms with van der Waals surface area (Å²) in [5, 5.41) is 0. The first-order valence-electron chi connectivity index (χ1n) is 22.3. The summed E-state index contributed by atoms with van der Waals surface area (Å²) >= 11 is 0. The first kappa shape index (κ1) is 51.1. The first-order chi connectivity index (χ1) is 26.5. The van der Waals surface area contributed by atoms with E-state index in [4.69, 9.17) is 14.2 Å². The van der Waals surface area contributed by atoms with Gasteiger partial charge in [-0.3, -0.25) is 14.4 Å². The van der Waals surface area contributed by atoms with Gasteiger partial charge in [-0.05, 0) is 57.8 Å².